The van der Waals surface area contributed by atoms with E-state index in [2.05, 4.69) is 145 Å². The maximum absolute atomic E-state index is 9.84. The molecule has 0 bridgehead atoms. The fraction of sp³-hybridized carbons (Fsp3) is 0.132. The number of rotatable bonds is 4. The van der Waals surface area contributed by atoms with Crippen LogP contribution in [0.5, 0.6) is 0 Å². The largest absolute Gasteiger partial charge is 0.316 e. The Morgan fingerprint density at radius 3 is 1.76 bits per heavy atom. The van der Waals surface area contributed by atoms with Crippen LogP contribution in [0.15, 0.2) is 121 Å². The molecule has 0 saturated carbocycles. The van der Waals surface area contributed by atoms with E-state index in [0.717, 1.165) is 50.7 Å². The first-order valence-electron chi connectivity index (χ1n) is 14.5. The van der Waals surface area contributed by atoms with Crippen molar-refractivity contribution >= 4 is 0 Å². The molecule has 4 nitrogen and oxygen atoms in total. The zero-order chi connectivity index (χ0) is 28.8. The lowest BCUT2D eigenvalue weighted by Gasteiger charge is -2.25. The molecule has 202 valence electrons. The van der Waals surface area contributed by atoms with Crippen LogP contribution in [0.25, 0.3) is 50.5 Å². The van der Waals surface area contributed by atoms with Gasteiger partial charge in [-0.25, -0.2) is 0 Å². The van der Waals surface area contributed by atoms with Gasteiger partial charge in [0, 0.05) is 24.0 Å². The molecule has 5 aromatic carbocycles. The lowest BCUT2D eigenvalue weighted by Crippen LogP contribution is -2.47. The topological polar surface area (TPSA) is 45.5 Å². The van der Waals surface area contributed by atoms with E-state index < -0.39 is 0 Å². The Morgan fingerprint density at radius 1 is 0.667 bits per heavy atom. The number of hydrogen-bond acceptors (Lipinski definition) is 2. The minimum Gasteiger partial charge on any atom is -0.192 e. The fourth-order valence-electron chi connectivity index (χ4n) is 6.34. The number of hydrogen-bond donors (Lipinski definition) is 0. The summed E-state index contributed by atoms with van der Waals surface area (Å²) in [5.74, 6) is 2.17. The van der Waals surface area contributed by atoms with Crippen LogP contribution in [0.3, 0.4) is 0 Å². The predicted molar refractivity (Wildman–Crippen MR) is 168 cm³/mol. The molecular weight excluding hydrogens is 512 g/mol. The zero-order valence-corrected chi connectivity index (χ0v) is 24.0. The van der Waals surface area contributed by atoms with Crippen molar-refractivity contribution in [2.24, 2.45) is 0 Å². The van der Waals surface area contributed by atoms with Crippen LogP contribution in [0.4, 0.5) is 0 Å². The highest BCUT2D eigenvalue weighted by Gasteiger charge is 2.41. The molecule has 2 heterocycles. The van der Waals surface area contributed by atoms with Crippen LogP contribution >= 0.6 is 0 Å². The Bertz CT molecular complexity index is 1910. The molecule has 0 aliphatic carbocycles. The SMILES string of the molecule is Cc1n[n+]2c(n1-c1c(-c3ccccc3)cc(-c3ccccc3)cc1-c1ccccc1)-c1cc(C#N)ccc1C(C)C2C. The molecule has 0 spiro atoms. The molecule has 2 unspecified atom stereocenters. The van der Waals surface area contributed by atoms with Crippen molar-refractivity contribution in [3.63, 3.8) is 0 Å². The molecule has 0 fully saturated rings. The van der Waals surface area contributed by atoms with Crippen LogP contribution in [-0.2, 0) is 0 Å². The van der Waals surface area contributed by atoms with Gasteiger partial charge in [0.25, 0.3) is 0 Å². The van der Waals surface area contributed by atoms with Gasteiger partial charge < -0.3 is 0 Å². The van der Waals surface area contributed by atoms with E-state index in [1.165, 1.54) is 11.1 Å². The van der Waals surface area contributed by atoms with Gasteiger partial charge in [0.15, 0.2) is 0 Å². The van der Waals surface area contributed by atoms with E-state index in [1.807, 2.05) is 12.1 Å². The maximum atomic E-state index is 9.84. The second-order valence-electron chi connectivity index (χ2n) is 11.1. The lowest BCUT2D eigenvalue weighted by molar-refractivity contribution is -0.767. The summed E-state index contributed by atoms with van der Waals surface area (Å²) in [5, 5.41) is 15.0. The first-order chi connectivity index (χ1) is 20.5. The smallest absolute Gasteiger partial charge is 0.192 e. The highest BCUT2D eigenvalue weighted by Crippen LogP contribution is 2.44. The molecule has 4 heteroatoms. The van der Waals surface area contributed by atoms with E-state index in [1.54, 1.807) is 0 Å². The second kappa shape index (κ2) is 10.3. The van der Waals surface area contributed by atoms with Gasteiger partial charge in [-0.05, 0) is 64.1 Å². The molecule has 7 rings (SSSR count). The van der Waals surface area contributed by atoms with Gasteiger partial charge in [-0.15, -0.1) is 4.68 Å². The first-order valence-corrected chi connectivity index (χ1v) is 14.5. The van der Waals surface area contributed by atoms with Crippen molar-refractivity contribution in [2.75, 3.05) is 0 Å². The molecule has 1 aromatic heterocycles. The summed E-state index contributed by atoms with van der Waals surface area (Å²) in [7, 11) is 0. The van der Waals surface area contributed by atoms with Crippen LogP contribution < -0.4 is 4.68 Å². The van der Waals surface area contributed by atoms with E-state index in [9.17, 15) is 5.26 Å². The number of nitriles is 1. The van der Waals surface area contributed by atoms with Crippen molar-refractivity contribution in [1.29, 1.82) is 5.26 Å². The van der Waals surface area contributed by atoms with Crippen LogP contribution in [-0.4, -0.2) is 9.67 Å². The average Bonchev–Trinajstić information content (AvgIpc) is 3.40. The number of benzene rings is 5. The molecule has 2 atom stereocenters. The van der Waals surface area contributed by atoms with E-state index in [4.69, 9.17) is 5.10 Å². The Hall–Kier alpha value is -5.27. The van der Waals surface area contributed by atoms with Crippen molar-refractivity contribution in [1.82, 2.24) is 9.67 Å². The van der Waals surface area contributed by atoms with E-state index >= 15 is 0 Å². The van der Waals surface area contributed by atoms with Crippen LogP contribution in [0, 0.1) is 18.3 Å². The van der Waals surface area contributed by atoms with Crippen molar-refractivity contribution in [3.05, 3.63) is 138 Å². The summed E-state index contributed by atoms with van der Waals surface area (Å²) in [5.41, 5.74) is 10.9. The predicted octanol–water partition coefficient (Wildman–Crippen LogP) is 8.69. The number of nitrogens with zero attached hydrogens (tertiary/aromatic N) is 4. The third-order valence-electron chi connectivity index (χ3n) is 8.64. The molecule has 1 aliphatic rings. The van der Waals surface area contributed by atoms with Gasteiger partial charge in [-0.2, -0.15) is 9.83 Å². The number of fused-ring (bicyclic) bond motifs is 3. The van der Waals surface area contributed by atoms with Gasteiger partial charge in [0.1, 0.15) is 11.7 Å². The highest BCUT2D eigenvalue weighted by atomic mass is 15.4. The quantitative estimate of drug-likeness (QED) is 0.209. The Balaban J connectivity index is 1.63. The fourth-order valence-corrected chi connectivity index (χ4v) is 6.34. The molecule has 0 radical (unpaired) electrons. The van der Waals surface area contributed by atoms with Gasteiger partial charge in [0.2, 0.25) is 5.82 Å². The van der Waals surface area contributed by atoms with E-state index in [0.29, 0.717) is 5.56 Å². The minimum absolute atomic E-state index is 0.157. The highest BCUT2D eigenvalue weighted by molar-refractivity contribution is 5.91. The molecule has 6 aromatic rings. The molecule has 0 saturated heterocycles. The summed E-state index contributed by atoms with van der Waals surface area (Å²) in [4.78, 5) is 0. The molecule has 0 amide bonds. The van der Waals surface area contributed by atoms with Crippen molar-refractivity contribution in [3.8, 4) is 56.5 Å². The Labute approximate surface area is 246 Å². The summed E-state index contributed by atoms with van der Waals surface area (Å²) >= 11 is 0. The molecular formula is C38H31N4+. The second-order valence-corrected chi connectivity index (χ2v) is 11.1. The van der Waals surface area contributed by atoms with Gasteiger partial charge >= 0.3 is 5.82 Å². The monoisotopic (exact) mass is 543 g/mol. The Morgan fingerprint density at radius 2 is 1.21 bits per heavy atom. The maximum Gasteiger partial charge on any atom is 0.316 e. The summed E-state index contributed by atoms with van der Waals surface area (Å²) in [6.07, 6.45) is 0. The number of aromatic nitrogens is 3. The van der Waals surface area contributed by atoms with Gasteiger partial charge in [0.05, 0.1) is 17.2 Å². The van der Waals surface area contributed by atoms with Crippen LogP contribution in [0.2, 0.25) is 0 Å². The number of aryl methyl sites for hydroxylation is 1. The van der Waals surface area contributed by atoms with Gasteiger partial charge in [-0.1, -0.05) is 104 Å². The summed E-state index contributed by atoms with van der Waals surface area (Å²) in [6.45, 7) is 6.57. The minimum atomic E-state index is 0.157. The van der Waals surface area contributed by atoms with Crippen molar-refractivity contribution in [2.45, 2.75) is 32.7 Å². The van der Waals surface area contributed by atoms with Crippen molar-refractivity contribution < 1.29 is 4.68 Å². The molecule has 0 N–H and O–H groups in total. The Kier molecular flexibility index (Phi) is 6.29. The van der Waals surface area contributed by atoms with Gasteiger partial charge in [-0.3, -0.25) is 0 Å². The summed E-state index contributed by atoms with van der Waals surface area (Å²) < 4.78 is 4.49. The normalized spacial score (nSPS) is 15.5. The molecule has 42 heavy (non-hydrogen) atoms. The zero-order valence-electron chi connectivity index (χ0n) is 24.0. The average molecular weight is 544 g/mol. The standard InChI is InChI=1S/C38H31N4/c1-25-26(2)42-38(36-21-28(24-39)19-20-33(25)36)41(27(3)40-42)37-34(30-15-9-5-10-16-30)22-32(29-13-7-4-8-14-29)23-35(37)31-17-11-6-12-18-31/h4-23,25-26H,1-3H3/q+1. The lowest BCUT2D eigenvalue weighted by atomic mass is 9.85. The first kappa shape index (κ1) is 25.7. The van der Waals surface area contributed by atoms with Crippen LogP contribution in [0.1, 0.15) is 42.8 Å². The third-order valence-corrected chi connectivity index (χ3v) is 8.64. The van der Waals surface area contributed by atoms with E-state index in [-0.39, 0.29) is 12.0 Å². The molecule has 1 aliphatic heterocycles. The summed E-state index contributed by atoms with van der Waals surface area (Å²) in [6, 6.07) is 45.0. The third kappa shape index (κ3) is 4.14.